The van der Waals surface area contributed by atoms with E-state index in [-0.39, 0.29) is 19.1 Å². The van der Waals surface area contributed by atoms with Crippen molar-refractivity contribution >= 4 is 13.7 Å². The maximum absolute atomic E-state index is 13.0. The van der Waals surface area contributed by atoms with Crippen molar-refractivity contribution in [3.05, 3.63) is 85.1 Å². The summed E-state index contributed by atoms with van der Waals surface area (Å²) in [5.41, 5.74) is 0. The summed E-state index contributed by atoms with van der Waals surface area (Å²) < 4.78 is 23.5. The summed E-state index contributed by atoms with van der Waals surface area (Å²) in [6, 6.07) is -0.807. The van der Waals surface area contributed by atoms with E-state index in [9.17, 15) is 19.4 Å². The van der Waals surface area contributed by atoms with Crippen molar-refractivity contribution in [1.29, 1.82) is 0 Å². The Kier molecular flexibility index (Phi) is 58.5. The highest BCUT2D eigenvalue weighted by atomic mass is 31.2. The highest BCUT2D eigenvalue weighted by molar-refractivity contribution is 7.45. The number of aliphatic hydroxyl groups excluding tert-OH is 1. The SMILES string of the molecule is CC/C=C\C/C=C\C/C=C\C/C=C\C/C=C\C/C=C\C/C=C\CCCCCCCCCCCCCCCC(=O)NC(COP(=O)([O-])OCC[N+](C)(C)C)C(O)CCCCCCCCCCCCCCCCCCCCCCCC. The van der Waals surface area contributed by atoms with Gasteiger partial charge in [-0.1, -0.05) is 311 Å². The minimum atomic E-state index is -4.58. The molecule has 8 nitrogen and oxygen atoms in total. The Labute approximate surface area is 490 Å². The molecule has 79 heavy (non-hydrogen) atoms. The van der Waals surface area contributed by atoms with Gasteiger partial charge in [-0.15, -0.1) is 0 Å². The number of quaternary nitrogens is 1. The summed E-state index contributed by atoms with van der Waals surface area (Å²) in [5.74, 6) is -0.165. The Morgan fingerprint density at radius 1 is 0.456 bits per heavy atom. The van der Waals surface area contributed by atoms with Crippen LogP contribution in [0, 0.1) is 0 Å². The normalized spacial score (nSPS) is 14.3. The molecule has 1 amide bonds. The molecule has 0 aromatic heterocycles. The summed E-state index contributed by atoms with van der Waals surface area (Å²) in [4.78, 5) is 25.6. The van der Waals surface area contributed by atoms with Crippen LogP contribution in [0.3, 0.4) is 0 Å². The van der Waals surface area contributed by atoms with Crippen LogP contribution in [0.5, 0.6) is 0 Å². The number of unbranched alkanes of at least 4 members (excludes halogenated alkanes) is 34. The second-order valence-electron chi connectivity index (χ2n) is 23.8. The summed E-state index contributed by atoms with van der Waals surface area (Å²) in [7, 11) is 1.31. The largest absolute Gasteiger partial charge is 0.756 e. The summed E-state index contributed by atoms with van der Waals surface area (Å²) >= 11 is 0. The molecule has 0 aromatic rings. The zero-order valence-electron chi connectivity index (χ0n) is 52.6. The van der Waals surface area contributed by atoms with Gasteiger partial charge in [0.15, 0.2) is 0 Å². The predicted octanol–water partition coefficient (Wildman–Crippen LogP) is 20.5. The summed E-state index contributed by atoms with van der Waals surface area (Å²) in [5, 5.41) is 14.1. The van der Waals surface area contributed by atoms with E-state index in [0.29, 0.717) is 23.9 Å². The molecule has 0 saturated carbocycles. The minimum absolute atomic E-state index is 0.0100. The first-order valence-corrected chi connectivity index (χ1v) is 34.9. The Balaban J connectivity index is 4.07. The van der Waals surface area contributed by atoms with E-state index < -0.39 is 20.0 Å². The molecule has 0 aromatic carbocycles. The molecule has 9 heteroatoms. The second kappa shape index (κ2) is 60.3. The van der Waals surface area contributed by atoms with Gasteiger partial charge in [-0.3, -0.25) is 9.36 Å². The molecule has 460 valence electrons. The highest BCUT2D eigenvalue weighted by Gasteiger charge is 2.24. The Morgan fingerprint density at radius 3 is 1.13 bits per heavy atom. The van der Waals surface area contributed by atoms with E-state index in [1.54, 1.807) is 0 Å². The number of aliphatic hydroxyl groups is 1. The zero-order valence-corrected chi connectivity index (χ0v) is 53.5. The lowest BCUT2D eigenvalue weighted by molar-refractivity contribution is -0.870. The Hall–Kier alpha value is -2.32. The average molecular weight is 1130 g/mol. The number of likely N-dealkylation sites (N-methyl/N-ethyl adjacent to an activating group) is 1. The molecule has 0 aliphatic carbocycles. The van der Waals surface area contributed by atoms with Gasteiger partial charge in [-0.05, 0) is 70.6 Å². The second-order valence-corrected chi connectivity index (χ2v) is 25.2. The monoisotopic (exact) mass is 1120 g/mol. The number of hydrogen-bond donors (Lipinski definition) is 2. The molecule has 3 unspecified atom stereocenters. The summed E-state index contributed by atoms with van der Waals surface area (Å²) in [6.07, 6.45) is 84.9. The van der Waals surface area contributed by atoms with Crippen molar-refractivity contribution in [3.8, 4) is 0 Å². The van der Waals surface area contributed by atoms with Gasteiger partial charge in [0.25, 0.3) is 7.82 Å². The van der Waals surface area contributed by atoms with Gasteiger partial charge in [0, 0.05) is 6.42 Å². The van der Waals surface area contributed by atoms with Crippen LogP contribution < -0.4 is 10.2 Å². The van der Waals surface area contributed by atoms with Crippen molar-refractivity contribution in [3.63, 3.8) is 0 Å². The average Bonchev–Trinajstić information content (AvgIpc) is 3.42. The molecular formula is C70H129N2O6P. The molecule has 0 aliphatic heterocycles. The van der Waals surface area contributed by atoms with Gasteiger partial charge in [0.2, 0.25) is 5.91 Å². The fourth-order valence-electron chi connectivity index (χ4n) is 9.73. The molecule has 0 radical (unpaired) electrons. The first kappa shape index (κ1) is 76.7. The third kappa shape index (κ3) is 63.1. The van der Waals surface area contributed by atoms with Gasteiger partial charge in [-0.25, -0.2) is 0 Å². The van der Waals surface area contributed by atoms with Gasteiger partial charge in [0.05, 0.1) is 39.9 Å². The van der Waals surface area contributed by atoms with Crippen molar-refractivity contribution in [2.75, 3.05) is 40.9 Å². The van der Waals surface area contributed by atoms with E-state index in [2.05, 4.69) is 104 Å². The standard InChI is InChI=1S/C70H129N2O6P/c1-6-8-10-12-14-16-18-20-22-24-26-28-30-31-32-33-34-35-36-37-38-39-40-41-42-44-46-48-50-52-54-56-58-60-62-64-70(74)71-68(67-78-79(75,76)77-66-65-72(3,4)5)69(73)63-61-59-57-55-53-51-49-47-45-43-29-27-25-23-21-19-17-15-13-11-9-7-2/h8,10,14,16,20,22,26,28,31-32,34-35,37-38,68-69,73H,6-7,9,11-13,15,17-19,21,23-25,27,29-30,33,36,39-67H2,1-5H3,(H-,71,74,75,76)/b10-8-,16-14-,22-20-,28-26-,32-31-,35-34-,38-37-. The molecule has 0 saturated heterocycles. The number of nitrogens with one attached hydrogen (secondary N) is 1. The molecule has 0 bridgehead atoms. The minimum Gasteiger partial charge on any atom is -0.756 e. The molecule has 0 rings (SSSR count). The van der Waals surface area contributed by atoms with Gasteiger partial charge >= 0.3 is 0 Å². The van der Waals surface area contributed by atoms with Crippen LogP contribution in [-0.2, 0) is 18.4 Å². The van der Waals surface area contributed by atoms with E-state index in [4.69, 9.17) is 9.05 Å². The number of allylic oxidation sites excluding steroid dienone is 14. The third-order valence-corrected chi connectivity index (χ3v) is 15.9. The maximum Gasteiger partial charge on any atom is 0.268 e. The number of carbonyl (C=O) groups excluding carboxylic acids is 1. The smallest absolute Gasteiger partial charge is 0.268 e. The maximum atomic E-state index is 13.0. The van der Waals surface area contributed by atoms with Crippen molar-refractivity contribution in [2.45, 2.75) is 315 Å². The molecule has 0 heterocycles. The third-order valence-electron chi connectivity index (χ3n) is 14.9. The number of nitrogens with zero attached hydrogens (tertiary/aromatic N) is 1. The number of phosphoric ester groups is 1. The molecule has 0 fully saturated rings. The van der Waals surface area contributed by atoms with Crippen LogP contribution in [0.4, 0.5) is 0 Å². The van der Waals surface area contributed by atoms with Gasteiger partial charge in [0.1, 0.15) is 13.2 Å². The molecule has 0 spiro atoms. The van der Waals surface area contributed by atoms with Gasteiger partial charge in [-0.2, -0.15) is 0 Å². The number of carbonyl (C=O) groups is 1. The Morgan fingerprint density at radius 2 is 0.772 bits per heavy atom. The van der Waals surface area contributed by atoms with Crippen molar-refractivity contribution < 1.29 is 32.9 Å². The quantitative estimate of drug-likeness (QED) is 0.0272. The first-order valence-electron chi connectivity index (χ1n) is 33.4. The predicted molar refractivity (Wildman–Crippen MR) is 343 cm³/mol. The van der Waals surface area contributed by atoms with Gasteiger partial charge < -0.3 is 28.8 Å². The number of hydrogen-bond acceptors (Lipinski definition) is 6. The highest BCUT2D eigenvalue weighted by Crippen LogP contribution is 2.38. The van der Waals surface area contributed by atoms with E-state index in [1.165, 1.54) is 193 Å². The van der Waals surface area contributed by atoms with Crippen LogP contribution in [0.25, 0.3) is 0 Å². The molecule has 3 atom stereocenters. The van der Waals surface area contributed by atoms with Crippen LogP contribution in [0.15, 0.2) is 85.1 Å². The lowest BCUT2D eigenvalue weighted by Crippen LogP contribution is -2.46. The molecular weight excluding hydrogens is 996 g/mol. The molecule has 2 N–H and O–H groups in total. The molecule has 0 aliphatic rings. The van der Waals surface area contributed by atoms with Crippen LogP contribution in [-0.4, -0.2) is 68.5 Å². The number of amides is 1. The topological polar surface area (TPSA) is 108 Å². The van der Waals surface area contributed by atoms with Crippen LogP contribution >= 0.6 is 7.82 Å². The van der Waals surface area contributed by atoms with E-state index in [1.807, 2.05) is 21.1 Å². The van der Waals surface area contributed by atoms with Crippen LogP contribution in [0.1, 0.15) is 303 Å². The fraction of sp³-hybridized carbons (Fsp3) is 0.786. The van der Waals surface area contributed by atoms with E-state index in [0.717, 1.165) is 83.5 Å². The lowest BCUT2D eigenvalue weighted by atomic mass is 10.0. The summed E-state index contributed by atoms with van der Waals surface area (Å²) in [6.45, 7) is 4.64. The van der Waals surface area contributed by atoms with E-state index >= 15 is 0 Å². The number of rotatable bonds is 61. The lowest BCUT2D eigenvalue weighted by Gasteiger charge is -2.30. The Bertz CT molecular complexity index is 1560. The number of phosphoric acid groups is 1. The van der Waals surface area contributed by atoms with Crippen molar-refractivity contribution in [2.24, 2.45) is 0 Å². The zero-order chi connectivity index (χ0) is 57.7. The van der Waals surface area contributed by atoms with Crippen molar-refractivity contribution in [1.82, 2.24) is 5.32 Å². The first-order chi connectivity index (χ1) is 38.5. The van der Waals surface area contributed by atoms with Crippen LogP contribution in [0.2, 0.25) is 0 Å². The fourth-order valence-corrected chi connectivity index (χ4v) is 10.5.